The molecule has 0 bridgehead atoms. The van der Waals surface area contributed by atoms with Crippen LogP contribution in [0.4, 0.5) is 5.69 Å². The minimum atomic E-state index is -1.09. The van der Waals surface area contributed by atoms with Crippen molar-refractivity contribution in [2.45, 2.75) is 0 Å². The van der Waals surface area contributed by atoms with Crippen LogP contribution < -0.4 is 9.64 Å². The van der Waals surface area contributed by atoms with Gasteiger partial charge in [-0.3, -0.25) is 9.69 Å². The van der Waals surface area contributed by atoms with Gasteiger partial charge in [0.1, 0.15) is 5.75 Å². The number of ether oxygens (including phenoxy) is 1. The van der Waals surface area contributed by atoms with Crippen LogP contribution in [0.2, 0.25) is 10.0 Å². The average Bonchev–Trinajstić information content (AvgIpc) is 2.90. The van der Waals surface area contributed by atoms with Crippen LogP contribution in [0.25, 0.3) is 6.08 Å². The Balaban J connectivity index is 1.91. The summed E-state index contributed by atoms with van der Waals surface area (Å²) in [5.41, 5.74) is 1.10. The largest absolute Gasteiger partial charge is 0.481 e. The third-order valence-electron chi connectivity index (χ3n) is 3.51. The van der Waals surface area contributed by atoms with E-state index < -0.39 is 12.6 Å². The lowest BCUT2D eigenvalue weighted by Gasteiger charge is -2.15. The molecule has 0 aromatic heterocycles. The maximum absolute atomic E-state index is 12.8. The molecule has 1 amide bonds. The zero-order valence-corrected chi connectivity index (χ0v) is 16.7. The van der Waals surface area contributed by atoms with Gasteiger partial charge in [0.15, 0.2) is 10.9 Å². The number of aliphatic carboxylic acids is 1. The van der Waals surface area contributed by atoms with Crippen molar-refractivity contribution >= 4 is 75.1 Å². The number of halogens is 2. The number of benzene rings is 2. The fourth-order valence-electron chi connectivity index (χ4n) is 2.33. The molecule has 1 aliphatic heterocycles. The number of carbonyl (C=O) groups excluding carboxylic acids is 1. The summed E-state index contributed by atoms with van der Waals surface area (Å²) in [5.74, 6) is -1.04. The predicted octanol–water partition coefficient (Wildman–Crippen LogP) is 4.86. The fourth-order valence-corrected chi connectivity index (χ4v) is 3.91. The second kappa shape index (κ2) is 8.31. The lowest BCUT2D eigenvalue weighted by molar-refractivity contribution is -0.139. The summed E-state index contributed by atoms with van der Waals surface area (Å²) in [6.45, 7) is -0.477. The summed E-state index contributed by atoms with van der Waals surface area (Å²) in [5, 5.41) is 9.49. The summed E-state index contributed by atoms with van der Waals surface area (Å²) < 4.78 is 5.62. The standard InChI is InChI=1S/C18H11Cl2NO4S2/c19-12-6-5-11(8-13(12)20)21-17(24)15(27-18(21)26)7-10-3-1-2-4-14(10)25-9-16(22)23/h1-8H,9H2,(H,22,23)/b15-7+. The topological polar surface area (TPSA) is 66.8 Å². The molecule has 0 aliphatic carbocycles. The Bertz CT molecular complexity index is 978. The molecule has 1 N–H and O–H groups in total. The Hall–Kier alpha value is -2.06. The lowest BCUT2D eigenvalue weighted by Crippen LogP contribution is -2.27. The van der Waals surface area contributed by atoms with E-state index in [1.54, 1.807) is 48.5 Å². The van der Waals surface area contributed by atoms with Crippen molar-refractivity contribution in [1.82, 2.24) is 0 Å². The van der Waals surface area contributed by atoms with E-state index in [9.17, 15) is 9.59 Å². The first-order valence-corrected chi connectivity index (χ1v) is 9.51. The van der Waals surface area contributed by atoms with Crippen LogP contribution in [0.15, 0.2) is 47.4 Å². The highest BCUT2D eigenvalue weighted by molar-refractivity contribution is 8.27. The van der Waals surface area contributed by atoms with Gasteiger partial charge in [0.2, 0.25) is 0 Å². The molecule has 138 valence electrons. The van der Waals surface area contributed by atoms with Gasteiger partial charge in [-0.15, -0.1) is 0 Å². The van der Waals surface area contributed by atoms with E-state index in [1.165, 1.54) is 4.90 Å². The number of rotatable bonds is 5. The van der Waals surface area contributed by atoms with Gasteiger partial charge in [-0.25, -0.2) is 4.79 Å². The predicted molar refractivity (Wildman–Crippen MR) is 112 cm³/mol. The van der Waals surface area contributed by atoms with Crippen molar-refractivity contribution in [3.63, 3.8) is 0 Å². The molecule has 0 atom stereocenters. The number of amides is 1. The number of carbonyl (C=O) groups is 2. The van der Waals surface area contributed by atoms with E-state index in [0.29, 0.717) is 36.3 Å². The molecule has 5 nitrogen and oxygen atoms in total. The molecule has 27 heavy (non-hydrogen) atoms. The number of para-hydroxylation sites is 1. The Morgan fingerprint density at radius 2 is 1.96 bits per heavy atom. The third-order valence-corrected chi connectivity index (χ3v) is 5.55. The van der Waals surface area contributed by atoms with Crippen LogP contribution in [-0.4, -0.2) is 27.9 Å². The zero-order valence-electron chi connectivity index (χ0n) is 13.5. The van der Waals surface area contributed by atoms with E-state index in [0.717, 1.165) is 11.8 Å². The van der Waals surface area contributed by atoms with Crippen molar-refractivity contribution < 1.29 is 19.4 Å². The Morgan fingerprint density at radius 1 is 1.22 bits per heavy atom. The van der Waals surface area contributed by atoms with E-state index in [1.807, 2.05) is 0 Å². The van der Waals surface area contributed by atoms with Crippen LogP contribution in [-0.2, 0) is 9.59 Å². The first-order chi connectivity index (χ1) is 12.9. The van der Waals surface area contributed by atoms with Gasteiger partial charge in [-0.05, 0) is 30.3 Å². The minimum Gasteiger partial charge on any atom is -0.481 e. The molecule has 1 saturated heterocycles. The van der Waals surface area contributed by atoms with Gasteiger partial charge in [0.05, 0.1) is 20.6 Å². The van der Waals surface area contributed by atoms with Gasteiger partial charge in [-0.1, -0.05) is 65.4 Å². The normalized spacial score (nSPS) is 15.5. The highest BCUT2D eigenvalue weighted by atomic mass is 35.5. The molecular formula is C18H11Cl2NO4S2. The minimum absolute atomic E-state index is 0.309. The Kier molecular flexibility index (Phi) is 6.06. The number of hydrogen-bond acceptors (Lipinski definition) is 5. The summed E-state index contributed by atoms with van der Waals surface area (Å²) in [4.78, 5) is 25.3. The molecule has 1 heterocycles. The highest BCUT2D eigenvalue weighted by Crippen LogP contribution is 2.38. The van der Waals surface area contributed by atoms with E-state index in [4.69, 9.17) is 45.3 Å². The first kappa shape index (κ1) is 19.7. The van der Waals surface area contributed by atoms with E-state index >= 15 is 0 Å². The van der Waals surface area contributed by atoms with Gasteiger partial charge < -0.3 is 9.84 Å². The molecule has 2 aromatic rings. The molecule has 0 radical (unpaired) electrons. The van der Waals surface area contributed by atoms with Crippen molar-refractivity contribution in [1.29, 1.82) is 0 Å². The molecule has 0 unspecified atom stereocenters. The second-order valence-electron chi connectivity index (χ2n) is 5.34. The number of hydrogen-bond donors (Lipinski definition) is 1. The van der Waals surface area contributed by atoms with Crippen LogP contribution in [0.5, 0.6) is 5.75 Å². The summed E-state index contributed by atoms with van der Waals surface area (Å²) in [6, 6.07) is 11.7. The van der Waals surface area contributed by atoms with Crippen molar-refractivity contribution in [2.75, 3.05) is 11.5 Å². The number of thioether (sulfide) groups is 1. The fraction of sp³-hybridized carbons (Fsp3) is 0.0556. The van der Waals surface area contributed by atoms with Crippen LogP contribution >= 0.6 is 47.2 Å². The van der Waals surface area contributed by atoms with Crippen LogP contribution in [0.3, 0.4) is 0 Å². The van der Waals surface area contributed by atoms with Crippen LogP contribution in [0, 0.1) is 0 Å². The van der Waals surface area contributed by atoms with Crippen molar-refractivity contribution in [3.8, 4) is 5.75 Å². The maximum Gasteiger partial charge on any atom is 0.341 e. The molecule has 2 aromatic carbocycles. The number of thiocarbonyl (C=S) groups is 1. The first-order valence-electron chi connectivity index (χ1n) is 7.53. The van der Waals surface area contributed by atoms with E-state index in [2.05, 4.69) is 0 Å². The highest BCUT2D eigenvalue weighted by Gasteiger charge is 2.33. The van der Waals surface area contributed by atoms with Gasteiger partial charge >= 0.3 is 5.97 Å². The second-order valence-corrected chi connectivity index (χ2v) is 7.83. The number of carboxylic acid groups (broad SMARTS) is 1. The molecule has 3 rings (SSSR count). The number of carboxylic acids is 1. The summed E-state index contributed by atoms with van der Waals surface area (Å²) in [7, 11) is 0. The van der Waals surface area contributed by atoms with Crippen molar-refractivity contribution in [2.24, 2.45) is 0 Å². The summed E-state index contributed by atoms with van der Waals surface area (Å²) >= 11 is 18.4. The quantitative estimate of drug-likeness (QED) is 0.529. The number of anilines is 1. The maximum atomic E-state index is 12.8. The van der Waals surface area contributed by atoms with Crippen LogP contribution in [0.1, 0.15) is 5.56 Å². The van der Waals surface area contributed by atoms with Gasteiger partial charge in [0, 0.05) is 5.56 Å². The molecule has 9 heteroatoms. The van der Waals surface area contributed by atoms with Crippen molar-refractivity contribution in [3.05, 3.63) is 63.0 Å². The lowest BCUT2D eigenvalue weighted by atomic mass is 10.2. The SMILES string of the molecule is O=C(O)COc1ccccc1/C=C1/SC(=S)N(c2ccc(Cl)c(Cl)c2)C1=O. The van der Waals surface area contributed by atoms with Gasteiger partial charge in [0.25, 0.3) is 5.91 Å². The molecule has 0 spiro atoms. The third kappa shape index (κ3) is 4.44. The monoisotopic (exact) mass is 439 g/mol. The molecule has 1 fully saturated rings. The molecule has 0 saturated carbocycles. The Labute approximate surface area is 174 Å². The Morgan fingerprint density at radius 3 is 2.67 bits per heavy atom. The van der Waals surface area contributed by atoms with E-state index in [-0.39, 0.29) is 5.91 Å². The average molecular weight is 440 g/mol. The number of nitrogens with zero attached hydrogens (tertiary/aromatic N) is 1. The van der Waals surface area contributed by atoms with Gasteiger partial charge in [-0.2, -0.15) is 0 Å². The zero-order chi connectivity index (χ0) is 19.6. The summed E-state index contributed by atoms with van der Waals surface area (Å²) in [6.07, 6.45) is 1.62. The molecule has 1 aliphatic rings. The molecular weight excluding hydrogens is 429 g/mol. The smallest absolute Gasteiger partial charge is 0.341 e.